The summed E-state index contributed by atoms with van der Waals surface area (Å²) in [4.78, 5) is 49.0. The predicted octanol–water partition coefficient (Wildman–Crippen LogP) is 3.65. The molecule has 0 bridgehead atoms. The summed E-state index contributed by atoms with van der Waals surface area (Å²) in [6.45, 7) is -3.77. The molecular weight excluding hydrogens is 450 g/mol. The van der Waals surface area contributed by atoms with Gasteiger partial charge in [-0.05, 0) is 48.5 Å². The zero-order valence-corrected chi connectivity index (χ0v) is 17.5. The molecule has 3 aromatic carbocycles. The average molecular weight is 468 g/mol. The molecule has 0 fully saturated rings. The molecule has 0 saturated heterocycles. The van der Waals surface area contributed by atoms with Crippen molar-refractivity contribution in [2.45, 2.75) is 6.61 Å². The van der Waals surface area contributed by atoms with Crippen LogP contribution in [0.4, 0.5) is 14.5 Å². The molecule has 0 unspecified atom stereocenters. The molecule has 0 saturated carbocycles. The first-order valence-corrected chi connectivity index (χ1v) is 9.85. The van der Waals surface area contributed by atoms with Gasteiger partial charge in [0.1, 0.15) is 5.75 Å². The lowest BCUT2D eigenvalue weighted by Crippen LogP contribution is -2.34. The number of hydrogen-bond acceptors (Lipinski definition) is 6. The van der Waals surface area contributed by atoms with Crippen molar-refractivity contribution in [1.29, 1.82) is 0 Å². The fraction of sp³-hybridized carbons (Fsp3) is 0.0833. The highest BCUT2D eigenvalue weighted by Gasteiger charge is 2.18. The first-order chi connectivity index (χ1) is 16.3. The van der Waals surface area contributed by atoms with Gasteiger partial charge in [0.15, 0.2) is 6.61 Å². The number of alkyl halides is 2. The number of carbonyl (C=O) groups is 4. The number of benzene rings is 3. The van der Waals surface area contributed by atoms with Crippen LogP contribution in [0.3, 0.4) is 0 Å². The molecule has 0 aliphatic carbocycles. The lowest BCUT2D eigenvalue weighted by Gasteiger charge is -2.11. The highest BCUT2D eigenvalue weighted by molar-refractivity contribution is 6.08. The van der Waals surface area contributed by atoms with Crippen LogP contribution in [0.5, 0.6) is 5.75 Å². The SMILES string of the molecule is O=C(COC(=O)c1ccccc1NC(=O)c1ccccc1)NC(=O)c1ccc(OC(F)F)cc1. The van der Waals surface area contributed by atoms with Crippen LogP contribution in [-0.2, 0) is 9.53 Å². The number of hydrogen-bond donors (Lipinski definition) is 2. The van der Waals surface area contributed by atoms with E-state index in [1.165, 1.54) is 24.3 Å². The van der Waals surface area contributed by atoms with Gasteiger partial charge in [-0.3, -0.25) is 19.7 Å². The number of halogens is 2. The molecule has 3 rings (SSSR count). The van der Waals surface area contributed by atoms with Crippen molar-refractivity contribution in [3.63, 3.8) is 0 Å². The van der Waals surface area contributed by atoms with E-state index in [1.807, 2.05) is 5.32 Å². The van der Waals surface area contributed by atoms with Crippen LogP contribution in [0.25, 0.3) is 0 Å². The summed E-state index contributed by atoms with van der Waals surface area (Å²) in [7, 11) is 0. The molecule has 174 valence electrons. The van der Waals surface area contributed by atoms with Crippen LogP contribution in [-0.4, -0.2) is 36.9 Å². The third-order valence-corrected chi connectivity index (χ3v) is 4.36. The van der Waals surface area contributed by atoms with E-state index >= 15 is 0 Å². The molecule has 0 heterocycles. The monoisotopic (exact) mass is 468 g/mol. The number of carbonyl (C=O) groups excluding carboxylic acids is 4. The molecule has 0 aliphatic rings. The fourth-order valence-electron chi connectivity index (χ4n) is 2.79. The molecule has 0 radical (unpaired) electrons. The highest BCUT2D eigenvalue weighted by Crippen LogP contribution is 2.18. The molecule has 0 aromatic heterocycles. The summed E-state index contributed by atoms with van der Waals surface area (Å²) in [5, 5.41) is 4.63. The van der Waals surface area contributed by atoms with E-state index in [-0.39, 0.29) is 22.6 Å². The summed E-state index contributed by atoms with van der Waals surface area (Å²) in [5.74, 6) is -3.20. The Hall–Kier alpha value is -4.60. The molecule has 0 spiro atoms. The summed E-state index contributed by atoms with van der Waals surface area (Å²) >= 11 is 0. The third kappa shape index (κ3) is 6.70. The van der Waals surface area contributed by atoms with Gasteiger partial charge in [-0.15, -0.1) is 0 Å². The molecule has 3 aromatic rings. The van der Waals surface area contributed by atoms with Gasteiger partial charge in [-0.25, -0.2) is 4.79 Å². The predicted molar refractivity (Wildman–Crippen MR) is 117 cm³/mol. The quantitative estimate of drug-likeness (QED) is 0.489. The Morgan fingerprint density at radius 3 is 2.06 bits per heavy atom. The molecule has 2 N–H and O–H groups in total. The first-order valence-electron chi connectivity index (χ1n) is 9.85. The molecule has 0 atom stereocenters. The topological polar surface area (TPSA) is 111 Å². The number of nitrogens with one attached hydrogen (secondary N) is 2. The molecule has 8 nitrogen and oxygen atoms in total. The first kappa shape index (κ1) is 24.1. The van der Waals surface area contributed by atoms with Gasteiger partial charge in [-0.2, -0.15) is 8.78 Å². The number of amides is 3. The van der Waals surface area contributed by atoms with Crippen LogP contribution in [0, 0.1) is 0 Å². The van der Waals surface area contributed by atoms with Crippen LogP contribution in [0.1, 0.15) is 31.1 Å². The number of para-hydroxylation sites is 1. The van der Waals surface area contributed by atoms with E-state index in [2.05, 4.69) is 10.1 Å². The number of esters is 1. The maximum absolute atomic E-state index is 12.5. The Morgan fingerprint density at radius 1 is 0.765 bits per heavy atom. The standard InChI is InChI=1S/C24H18F2N2O6/c25-24(26)34-17-12-10-16(11-13-17)22(31)28-20(29)14-33-23(32)18-8-4-5-9-19(18)27-21(30)15-6-2-1-3-7-15/h1-13,24H,14H2,(H,27,30)(H,28,29,31). The van der Waals surface area contributed by atoms with Crippen LogP contribution in [0.2, 0.25) is 0 Å². The van der Waals surface area contributed by atoms with Gasteiger partial charge < -0.3 is 14.8 Å². The maximum atomic E-state index is 12.5. The van der Waals surface area contributed by atoms with Gasteiger partial charge >= 0.3 is 12.6 Å². The van der Waals surface area contributed by atoms with E-state index in [0.717, 1.165) is 12.1 Å². The zero-order valence-electron chi connectivity index (χ0n) is 17.5. The number of ether oxygens (including phenoxy) is 2. The van der Waals surface area contributed by atoms with Gasteiger partial charge in [-0.1, -0.05) is 30.3 Å². The minimum Gasteiger partial charge on any atom is -0.452 e. The van der Waals surface area contributed by atoms with Crippen LogP contribution >= 0.6 is 0 Å². The van der Waals surface area contributed by atoms with Gasteiger partial charge in [0.2, 0.25) is 0 Å². The van der Waals surface area contributed by atoms with E-state index in [4.69, 9.17) is 4.74 Å². The molecule has 10 heteroatoms. The minimum atomic E-state index is -3.01. The van der Waals surface area contributed by atoms with Crippen molar-refractivity contribution in [2.75, 3.05) is 11.9 Å². The second-order valence-corrected chi connectivity index (χ2v) is 6.72. The molecule has 0 aliphatic heterocycles. The fourth-order valence-corrected chi connectivity index (χ4v) is 2.79. The summed E-state index contributed by atoms with van der Waals surface area (Å²) in [6, 6.07) is 19.1. The average Bonchev–Trinajstić information content (AvgIpc) is 2.83. The molecule has 3 amide bonds. The maximum Gasteiger partial charge on any atom is 0.387 e. The second kappa shape index (κ2) is 11.3. The Morgan fingerprint density at radius 2 is 1.38 bits per heavy atom. The van der Waals surface area contributed by atoms with Gasteiger partial charge in [0.05, 0.1) is 11.3 Å². The number of imide groups is 1. The largest absolute Gasteiger partial charge is 0.452 e. The number of rotatable bonds is 8. The normalized spacial score (nSPS) is 10.3. The second-order valence-electron chi connectivity index (χ2n) is 6.72. The van der Waals surface area contributed by atoms with E-state index in [0.29, 0.717) is 5.56 Å². The third-order valence-electron chi connectivity index (χ3n) is 4.36. The Kier molecular flexibility index (Phi) is 8.01. The number of anilines is 1. The highest BCUT2D eigenvalue weighted by atomic mass is 19.3. The van der Waals surface area contributed by atoms with Crippen LogP contribution < -0.4 is 15.4 Å². The zero-order chi connectivity index (χ0) is 24.5. The summed E-state index contributed by atoms with van der Waals surface area (Å²) < 4.78 is 33.5. The van der Waals surface area contributed by atoms with Crippen molar-refractivity contribution in [1.82, 2.24) is 5.32 Å². The molecular formula is C24H18F2N2O6. The van der Waals surface area contributed by atoms with Crippen molar-refractivity contribution in [2.24, 2.45) is 0 Å². The van der Waals surface area contributed by atoms with Crippen molar-refractivity contribution >= 4 is 29.4 Å². The summed E-state index contributed by atoms with van der Waals surface area (Å²) in [6.07, 6.45) is 0. The van der Waals surface area contributed by atoms with Gasteiger partial charge in [0.25, 0.3) is 17.7 Å². The van der Waals surface area contributed by atoms with E-state index < -0.39 is 36.9 Å². The minimum absolute atomic E-state index is 0.00950. The van der Waals surface area contributed by atoms with Gasteiger partial charge in [0, 0.05) is 11.1 Å². The van der Waals surface area contributed by atoms with E-state index in [1.54, 1.807) is 42.5 Å². The van der Waals surface area contributed by atoms with Crippen molar-refractivity contribution < 1.29 is 37.4 Å². The lowest BCUT2D eigenvalue weighted by molar-refractivity contribution is -0.123. The summed E-state index contributed by atoms with van der Waals surface area (Å²) in [5.41, 5.74) is 0.595. The Bertz CT molecular complexity index is 1180. The van der Waals surface area contributed by atoms with Crippen LogP contribution in [0.15, 0.2) is 78.9 Å². The molecule has 34 heavy (non-hydrogen) atoms. The lowest BCUT2D eigenvalue weighted by atomic mass is 10.1. The Balaban J connectivity index is 1.55. The van der Waals surface area contributed by atoms with Crippen molar-refractivity contribution in [3.8, 4) is 5.75 Å². The van der Waals surface area contributed by atoms with Crippen molar-refractivity contribution in [3.05, 3.63) is 95.6 Å². The smallest absolute Gasteiger partial charge is 0.387 e. The Labute approximate surface area is 192 Å². The van der Waals surface area contributed by atoms with E-state index in [9.17, 15) is 28.0 Å².